The van der Waals surface area contributed by atoms with Gasteiger partial charge in [0.1, 0.15) is 5.15 Å². The van der Waals surface area contributed by atoms with E-state index in [4.69, 9.17) is 17.3 Å². The summed E-state index contributed by atoms with van der Waals surface area (Å²) in [6.07, 6.45) is 2.64. The molecular formula is C8H11BrClN3. The molecule has 0 atom stereocenters. The molecule has 0 aliphatic carbocycles. The van der Waals surface area contributed by atoms with Crippen molar-refractivity contribution in [3.63, 3.8) is 0 Å². The quantitative estimate of drug-likeness (QED) is 0.648. The zero-order valence-corrected chi connectivity index (χ0v) is 9.40. The van der Waals surface area contributed by atoms with Crippen LogP contribution in [0.2, 0.25) is 5.15 Å². The predicted molar refractivity (Wildman–Crippen MR) is 59.1 cm³/mol. The van der Waals surface area contributed by atoms with Gasteiger partial charge in [-0.1, -0.05) is 11.6 Å². The standard InChI is InChI=1S/C8H11BrClN3/c9-7-4-6(5-13-8(7)10)12-3-1-2-11/h4-5,12H,1-3,11H2. The third-order valence-electron chi connectivity index (χ3n) is 1.51. The number of anilines is 1. The van der Waals surface area contributed by atoms with E-state index in [9.17, 15) is 0 Å². The summed E-state index contributed by atoms with van der Waals surface area (Å²) >= 11 is 9.03. The summed E-state index contributed by atoms with van der Waals surface area (Å²) in [5.74, 6) is 0. The van der Waals surface area contributed by atoms with Gasteiger partial charge in [0.25, 0.3) is 0 Å². The highest BCUT2D eigenvalue weighted by atomic mass is 79.9. The molecule has 0 aliphatic heterocycles. The summed E-state index contributed by atoms with van der Waals surface area (Å²) in [5.41, 5.74) is 6.31. The molecule has 3 nitrogen and oxygen atoms in total. The lowest BCUT2D eigenvalue weighted by atomic mass is 10.4. The molecule has 0 bridgehead atoms. The molecular weight excluding hydrogens is 253 g/mol. The van der Waals surface area contributed by atoms with Gasteiger partial charge < -0.3 is 11.1 Å². The van der Waals surface area contributed by atoms with Gasteiger partial charge in [-0.25, -0.2) is 4.98 Å². The van der Waals surface area contributed by atoms with Crippen LogP contribution in [0.5, 0.6) is 0 Å². The normalized spacial score (nSPS) is 10.1. The highest BCUT2D eigenvalue weighted by molar-refractivity contribution is 9.10. The van der Waals surface area contributed by atoms with Crippen molar-refractivity contribution >= 4 is 33.2 Å². The van der Waals surface area contributed by atoms with E-state index in [1.54, 1.807) is 6.20 Å². The Labute approximate surface area is 90.8 Å². The fourth-order valence-electron chi connectivity index (χ4n) is 0.853. The molecule has 1 aromatic heterocycles. The van der Waals surface area contributed by atoms with Gasteiger partial charge in [-0.15, -0.1) is 0 Å². The second-order valence-electron chi connectivity index (χ2n) is 2.57. The Morgan fingerprint density at radius 2 is 2.38 bits per heavy atom. The number of halogens is 2. The third-order valence-corrected chi connectivity index (χ3v) is 2.64. The number of pyridine rings is 1. The molecule has 0 fully saturated rings. The molecule has 1 aromatic rings. The molecule has 1 rings (SSSR count). The molecule has 0 radical (unpaired) electrons. The molecule has 13 heavy (non-hydrogen) atoms. The molecule has 0 saturated carbocycles. The first kappa shape index (κ1) is 10.8. The minimum absolute atomic E-state index is 0.476. The molecule has 0 saturated heterocycles. The Hall–Kier alpha value is -0.320. The van der Waals surface area contributed by atoms with Crippen LogP contribution in [0.15, 0.2) is 16.7 Å². The zero-order chi connectivity index (χ0) is 9.68. The van der Waals surface area contributed by atoms with E-state index >= 15 is 0 Å². The minimum Gasteiger partial charge on any atom is -0.384 e. The Bertz CT molecular complexity index is 280. The molecule has 5 heteroatoms. The van der Waals surface area contributed by atoms with E-state index < -0.39 is 0 Å². The van der Waals surface area contributed by atoms with Gasteiger partial charge in [0.2, 0.25) is 0 Å². The topological polar surface area (TPSA) is 50.9 Å². The predicted octanol–water partition coefficient (Wildman–Crippen LogP) is 2.26. The highest BCUT2D eigenvalue weighted by Gasteiger charge is 1.98. The first-order chi connectivity index (χ1) is 6.24. The molecule has 72 valence electrons. The number of aromatic nitrogens is 1. The monoisotopic (exact) mass is 263 g/mol. The van der Waals surface area contributed by atoms with Crippen molar-refractivity contribution < 1.29 is 0 Å². The summed E-state index contributed by atoms with van der Waals surface area (Å²) in [6, 6.07) is 1.89. The Kier molecular flexibility index (Phi) is 4.48. The summed E-state index contributed by atoms with van der Waals surface area (Å²) in [5, 5.41) is 3.66. The van der Waals surface area contributed by atoms with E-state index in [1.807, 2.05) is 6.07 Å². The van der Waals surface area contributed by atoms with Gasteiger partial charge in [0.15, 0.2) is 0 Å². The molecule has 0 spiro atoms. The molecule has 0 amide bonds. The number of nitrogens with one attached hydrogen (secondary N) is 1. The zero-order valence-electron chi connectivity index (χ0n) is 7.06. The molecule has 0 aliphatic rings. The number of nitrogens with two attached hydrogens (primary N) is 1. The van der Waals surface area contributed by atoms with Crippen LogP contribution < -0.4 is 11.1 Å². The van der Waals surface area contributed by atoms with Crippen LogP contribution in [0.25, 0.3) is 0 Å². The van der Waals surface area contributed by atoms with Crippen LogP contribution in [0.4, 0.5) is 5.69 Å². The summed E-state index contributed by atoms with van der Waals surface area (Å²) in [4.78, 5) is 3.98. The first-order valence-electron chi connectivity index (χ1n) is 3.99. The van der Waals surface area contributed by atoms with Crippen LogP contribution in [0, 0.1) is 0 Å². The van der Waals surface area contributed by atoms with Gasteiger partial charge >= 0.3 is 0 Å². The smallest absolute Gasteiger partial charge is 0.143 e. The van der Waals surface area contributed by atoms with E-state index in [1.165, 1.54) is 0 Å². The largest absolute Gasteiger partial charge is 0.384 e. The van der Waals surface area contributed by atoms with Crippen molar-refractivity contribution in [2.45, 2.75) is 6.42 Å². The lowest BCUT2D eigenvalue weighted by molar-refractivity contribution is 0.873. The first-order valence-corrected chi connectivity index (χ1v) is 5.16. The van der Waals surface area contributed by atoms with Crippen molar-refractivity contribution in [1.82, 2.24) is 4.98 Å². The summed E-state index contributed by atoms with van der Waals surface area (Å²) in [6.45, 7) is 1.54. The Morgan fingerprint density at radius 1 is 1.62 bits per heavy atom. The Balaban J connectivity index is 2.53. The lowest BCUT2D eigenvalue weighted by Gasteiger charge is -2.05. The summed E-state index contributed by atoms with van der Waals surface area (Å²) < 4.78 is 0.798. The van der Waals surface area contributed by atoms with E-state index in [-0.39, 0.29) is 0 Å². The van der Waals surface area contributed by atoms with Gasteiger partial charge in [-0.2, -0.15) is 0 Å². The van der Waals surface area contributed by atoms with Crippen LogP contribution in [0.3, 0.4) is 0 Å². The van der Waals surface area contributed by atoms with Crippen LogP contribution in [-0.4, -0.2) is 18.1 Å². The van der Waals surface area contributed by atoms with Crippen molar-refractivity contribution in [3.05, 3.63) is 21.9 Å². The molecule has 3 N–H and O–H groups in total. The number of rotatable bonds is 4. The number of hydrogen-bond donors (Lipinski definition) is 2. The van der Waals surface area contributed by atoms with E-state index in [0.717, 1.165) is 23.1 Å². The van der Waals surface area contributed by atoms with Gasteiger partial charge in [-0.3, -0.25) is 0 Å². The van der Waals surface area contributed by atoms with Gasteiger partial charge in [0.05, 0.1) is 16.4 Å². The van der Waals surface area contributed by atoms with Crippen LogP contribution >= 0.6 is 27.5 Å². The average Bonchev–Trinajstić information content (AvgIpc) is 2.12. The molecule has 1 heterocycles. The fourth-order valence-corrected chi connectivity index (χ4v) is 1.31. The maximum atomic E-state index is 5.74. The van der Waals surface area contributed by atoms with Crippen molar-refractivity contribution in [3.8, 4) is 0 Å². The van der Waals surface area contributed by atoms with Gasteiger partial charge in [0, 0.05) is 6.54 Å². The fraction of sp³-hybridized carbons (Fsp3) is 0.375. The highest BCUT2D eigenvalue weighted by Crippen LogP contribution is 2.22. The van der Waals surface area contributed by atoms with E-state index in [0.29, 0.717) is 11.7 Å². The number of hydrogen-bond acceptors (Lipinski definition) is 3. The number of nitrogens with zero attached hydrogens (tertiary/aromatic N) is 1. The van der Waals surface area contributed by atoms with Crippen LogP contribution in [-0.2, 0) is 0 Å². The van der Waals surface area contributed by atoms with Crippen molar-refractivity contribution in [1.29, 1.82) is 0 Å². The second-order valence-corrected chi connectivity index (χ2v) is 3.78. The average molecular weight is 265 g/mol. The summed E-state index contributed by atoms with van der Waals surface area (Å²) in [7, 11) is 0. The molecule has 0 unspecified atom stereocenters. The van der Waals surface area contributed by atoms with Crippen molar-refractivity contribution in [2.24, 2.45) is 5.73 Å². The SMILES string of the molecule is NCCCNc1cnc(Cl)c(Br)c1. The Morgan fingerprint density at radius 3 is 3.00 bits per heavy atom. The maximum Gasteiger partial charge on any atom is 0.143 e. The third kappa shape index (κ3) is 3.50. The second kappa shape index (κ2) is 5.42. The van der Waals surface area contributed by atoms with Crippen LogP contribution in [0.1, 0.15) is 6.42 Å². The lowest BCUT2D eigenvalue weighted by Crippen LogP contribution is -2.08. The molecule has 0 aromatic carbocycles. The maximum absolute atomic E-state index is 5.74. The minimum atomic E-state index is 0.476. The van der Waals surface area contributed by atoms with Crippen molar-refractivity contribution in [2.75, 3.05) is 18.4 Å². The van der Waals surface area contributed by atoms with E-state index in [2.05, 4.69) is 26.2 Å². The van der Waals surface area contributed by atoms with Gasteiger partial charge in [-0.05, 0) is 35.0 Å².